The van der Waals surface area contributed by atoms with E-state index in [0.717, 1.165) is 23.4 Å². The molecule has 0 bridgehead atoms. The van der Waals surface area contributed by atoms with Gasteiger partial charge in [0.15, 0.2) is 0 Å². The topological polar surface area (TPSA) is 14.8 Å². The summed E-state index contributed by atoms with van der Waals surface area (Å²) in [5.74, 6) is 0.343. The number of halogens is 1. The third-order valence-corrected chi connectivity index (χ3v) is 9.12. The number of nitrogens with zero attached hydrogens (tertiary/aromatic N) is 3. The first-order valence-electron chi connectivity index (χ1n) is 12.8. The smallest absolute Gasteiger partial charge is 0.0670 e. The van der Waals surface area contributed by atoms with E-state index in [1.165, 1.54) is 49.6 Å². The molecular weight excluding hydrogens is 462 g/mol. The molecule has 180 valence electrons. The van der Waals surface area contributed by atoms with Crippen LogP contribution in [0.25, 0.3) is 32.7 Å². The molecule has 2 unspecified atom stereocenters. The average molecular weight is 492 g/mol. The summed E-state index contributed by atoms with van der Waals surface area (Å²) in [5.41, 5.74) is 9.32. The Balaban J connectivity index is 1.55. The molecule has 0 aliphatic heterocycles. The number of benzene rings is 3. The van der Waals surface area contributed by atoms with E-state index < -0.39 is 0 Å². The number of aryl methyl sites for hydroxylation is 3. The fourth-order valence-corrected chi connectivity index (χ4v) is 7.48. The van der Waals surface area contributed by atoms with Crippen LogP contribution in [0.15, 0.2) is 79.1 Å². The zero-order valence-corrected chi connectivity index (χ0v) is 22.0. The molecule has 3 nitrogen and oxygen atoms in total. The molecule has 1 aliphatic rings. The van der Waals surface area contributed by atoms with Gasteiger partial charge in [-0.1, -0.05) is 67.1 Å². The van der Waals surface area contributed by atoms with Crippen LogP contribution in [0.2, 0.25) is 5.02 Å². The van der Waals surface area contributed by atoms with Gasteiger partial charge in [-0.15, -0.1) is 0 Å². The summed E-state index contributed by atoms with van der Waals surface area (Å²) in [6, 6.07) is 24.1. The van der Waals surface area contributed by atoms with Crippen molar-refractivity contribution in [2.45, 2.75) is 31.1 Å². The number of hydrogen-bond acceptors (Lipinski definition) is 0. The van der Waals surface area contributed by atoms with Crippen LogP contribution in [-0.2, 0) is 26.6 Å². The molecule has 3 heterocycles. The van der Waals surface area contributed by atoms with Crippen LogP contribution in [0.4, 0.5) is 0 Å². The van der Waals surface area contributed by atoms with Gasteiger partial charge in [-0.05, 0) is 47.7 Å². The number of hydrogen-bond donors (Lipinski definition) is 0. The van der Waals surface area contributed by atoms with E-state index in [9.17, 15) is 0 Å². The Hall–Kier alpha value is -3.43. The van der Waals surface area contributed by atoms with Gasteiger partial charge < -0.3 is 13.7 Å². The molecule has 3 aromatic heterocycles. The Morgan fingerprint density at radius 2 is 1.47 bits per heavy atom. The molecule has 0 saturated heterocycles. The van der Waals surface area contributed by atoms with E-state index in [4.69, 9.17) is 11.6 Å². The fourth-order valence-electron chi connectivity index (χ4n) is 7.18. The number of fused-ring (bicyclic) bond motifs is 5. The molecule has 0 radical (unpaired) electrons. The lowest BCUT2D eigenvalue weighted by molar-refractivity contribution is 0.436. The van der Waals surface area contributed by atoms with E-state index in [1.54, 1.807) is 0 Å². The van der Waals surface area contributed by atoms with Crippen molar-refractivity contribution in [2.24, 2.45) is 21.1 Å². The monoisotopic (exact) mass is 491 g/mol. The molecule has 36 heavy (non-hydrogen) atoms. The van der Waals surface area contributed by atoms with Crippen LogP contribution in [-0.4, -0.2) is 13.7 Å². The number of rotatable bonds is 2. The highest BCUT2D eigenvalue weighted by atomic mass is 35.5. The van der Waals surface area contributed by atoms with Gasteiger partial charge in [-0.3, -0.25) is 0 Å². The minimum atomic E-state index is -0.124. The maximum Gasteiger partial charge on any atom is 0.0670 e. The summed E-state index contributed by atoms with van der Waals surface area (Å²) in [7, 11) is 6.54. The van der Waals surface area contributed by atoms with Crippen LogP contribution in [0.3, 0.4) is 0 Å². The first-order valence-corrected chi connectivity index (χ1v) is 13.1. The van der Waals surface area contributed by atoms with Crippen molar-refractivity contribution in [2.75, 3.05) is 0 Å². The molecule has 4 heteroatoms. The summed E-state index contributed by atoms with van der Waals surface area (Å²) in [6.07, 6.45) is 6.85. The minimum Gasteiger partial charge on any atom is -0.350 e. The summed E-state index contributed by atoms with van der Waals surface area (Å²) in [5, 5.41) is 4.80. The summed E-state index contributed by atoms with van der Waals surface area (Å²) in [4.78, 5) is 0. The van der Waals surface area contributed by atoms with Crippen LogP contribution in [0.1, 0.15) is 48.1 Å². The van der Waals surface area contributed by atoms with Gasteiger partial charge in [0.2, 0.25) is 0 Å². The Labute approximate surface area is 216 Å². The molecule has 1 aliphatic carbocycles. The highest BCUT2D eigenvalue weighted by Gasteiger charge is 2.43. The van der Waals surface area contributed by atoms with Crippen molar-refractivity contribution in [1.82, 2.24) is 13.7 Å². The van der Waals surface area contributed by atoms with E-state index in [1.807, 2.05) is 6.07 Å². The maximum absolute atomic E-state index is 6.69. The first-order chi connectivity index (χ1) is 17.4. The largest absolute Gasteiger partial charge is 0.350 e. The van der Waals surface area contributed by atoms with Crippen molar-refractivity contribution in [1.29, 1.82) is 0 Å². The normalized spacial score (nSPS) is 20.0. The van der Waals surface area contributed by atoms with E-state index in [-0.39, 0.29) is 5.41 Å². The second-order valence-electron chi connectivity index (χ2n) is 10.8. The summed E-state index contributed by atoms with van der Waals surface area (Å²) in [6.45, 7) is 2.45. The van der Waals surface area contributed by atoms with Gasteiger partial charge in [0.1, 0.15) is 0 Å². The number of aromatic nitrogens is 3. The molecule has 0 saturated carbocycles. The fraction of sp³-hybridized carbons (Fsp3) is 0.250. The average Bonchev–Trinajstić information content (AvgIpc) is 3.51. The lowest BCUT2D eigenvalue weighted by Gasteiger charge is -2.39. The van der Waals surface area contributed by atoms with Gasteiger partial charge in [0.25, 0.3) is 0 Å². The van der Waals surface area contributed by atoms with Crippen LogP contribution in [0.5, 0.6) is 0 Å². The Morgan fingerprint density at radius 1 is 0.778 bits per heavy atom. The first kappa shape index (κ1) is 21.8. The van der Waals surface area contributed by atoms with Gasteiger partial charge in [-0.25, -0.2) is 0 Å². The lowest BCUT2D eigenvalue weighted by atomic mass is 9.64. The summed E-state index contributed by atoms with van der Waals surface area (Å²) < 4.78 is 6.96. The highest BCUT2D eigenvalue weighted by Crippen LogP contribution is 2.54. The van der Waals surface area contributed by atoms with Gasteiger partial charge in [0, 0.05) is 77.8 Å². The molecular formula is C32H30ClN3. The van der Waals surface area contributed by atoms with Crippen LogP contribution >= 0.6 is 11.6 Å². The molecule has 6 aromatic rings. The predicted molar refractivity (Wildman–Crippen MR) is 151 cm³/mol. The second-order valence-corrected chi connectivity index (χ2v) is 11.2. The van der Waals surface area contributed by atoms with Crippen molar-refractivity contribution < 1.29 is 0 Å². The lowest BCUT2D eigenvalue weighted by Crippen LogP contribution is -2.31. The molecule has 0 amide bonds. The standard InChI is InChI=1S/C32H30ClN3/c1-32(25-19-35(3)30-22(25)12-9-13-26(30)33)17-16-21(24-18-34(2)27-14-7-5-10-20(24)27)31-29(32)23-11-6-8-15-28(23)36(31)4/h5-15,18-19,21H,16-17H2,1-4H3. The molecule has 7 rings (SSSR count). The quantitative estimate of drug-likeness (QED) is 0.233. The second kappa shape index (κ2) is 7.54. The molecule has 0 fully saturated rings. The van der Waals surface area contributed by atoms with Crippen molar-refractivity contribution in [3.63, 3.8) is 0 Å². The Bertz CT molecular complexity index is 1810. The number of para-hydroxylation sites is 3. The van der Waals surface area contributed by atoms with E-state index in [0.29, 0.717) is 5.92 Å². The van der Waals surface area contributed by atoms with Crippen LogP contribution in [0, 0.1) is 0 Å². The van der Waals surface area contributed by atoms with Crippen LogP contribution < -0.4 is 0 Å². The zero-order chi connectivity index (χ0) is 24.8. The molecule has 2 atom stereocenters. The molecule has 0 N–H and O–H groups in total. The van der Waals surface area contributed by atoms with Crippen molar-refractivity contribution in [3.8, 4) is 0 Å². The third-order valence-electron chi connectivity index (χ3n) is 8.82. The maximum atomic E-state index is 6.69. The molecule has 0 spiro atoms. The predicted octanol–water partition coefficient (Wildman–Crippen LogP) is 8.05. The van der Waals surface area contributed by atoms with E-state index >= 15 is 0 Å². The Morgan fingerprint density at radius 3 is 2.28 bits per heavy atom. The molecule has 3 aromatic carbocycles. The van der Waals surface area contributed by atoms with Crippen molar-refractivity contribution >= 4 is 44.3 Å². The van der Waals surface area contributed by atoms with Crippen molar-refractivity contribution in [3.05, 3.63) is 107 Å². The minimum absolute atomic E-state index is 0.124. The van der Waals surface area contributed by atoms with E-state index in [2.05, 4.69) is 115 Å². The summed E-state index contributed by atoms with van der Waals surface area (Å²) >= 11 is 6.69. The van der Waals surface area contributed by atoms with Gasteiger partial charge >= 0.3 is 0 Å². The Kier molecular flexibility index (Phi) is 4.57. The van der Waals surface area contributed by atoms with Gasteiger partial charge in [-0.2, -0.15) is 0 Å². The van der Waals surface area contributed by atoms with Gasteiger partial charge in [0.05, 0.1) is 10.5 Å². The third kappa shape index (κ3) is 2.75. The zero-order valence-electron chi connectivity index (χ0n) is 21.2. The SMILES string of the molecule is Cn1cc(C2CCC(C)(c3cn(C)c4c(Cl)cccc34)c3c2n(C)c2ccccc32)c2ccccc21. The highest BCUT2D eigenvalue weighted by molar-refractivity contribution is 6.35.